The molecule has 2 N–H and O–H groups in total. The normalized spacial score (nSPS) is 9.88. The highest BCUT2D eigenvalue weighted by atomic mass is 16.6. The first-order valence-electron chi connectivity index (χ1n) is 9.13. The van der Waals surface area contributed by atoms with E-state index in [1.54, 1.807) is 0 Å². The van der Waals surface area contributed by atoms with E-state index in [4.69, 9.17) is 18.9 Å². The predicted octanol–water partition coefficient (Wildman–Crippen LogP) is 3.03. The molecule has 11 heteroatoms. The van der Waals surface area contributed by atoms with Crippen molar-refractivity contribution in [3.05, 3.63) is 36.4 Å². The molecule has 0 spiro atoms. The van der Waals surface area contributed by atoms with E-state index in [1.807, 2.05) is 0 Å². The molecule has 32 heavy (non-hydrogen) atoms. The van der Waals surface area contributed by atoms with Gasteiger partial charge in [0, 0.05) is 51.2 Å². The van der Waals surface area contributed by atoms with Gasteiger partial charge in [-0.25, -0.2) is 4.79 Å². The molecular formula is C21H20N2O9. The molecule has 2 aromatic carbocycles. The Morgan fingerprint density at radius 1 is 0.531 bits per heavy atom. The summed E-state index contributed by atoms with van der Waals surface area (Å²) in [6.07, 6.45) is 0. The minimum Gasteiger partial charge on any atom is -0.423 e. The second-order valence-corrected chi connectivity index (χ2v) is 6.28. The van der Waals surface area contributed by atoms with Crippen molar-refractivity contribution in [2.75, 3.05) is 10.6 Å². The van der Waals surface area contributed by atoms with E-state index >= 15 is 0 Å². The van der Waals surface area contributed by atoms with Crippen LogP contribution in [0.3, 0.4) is 0 Å². The van der Waals surface area contributed by atoms with Gasteiger partial charge in [-0.3, -0.25) is 19.2 Å². The fourth-order valence-corrected chi connectivity index (χ4v) is 2.41. The topological polar surface area (TPSA) is 146 Å². The lowest BCUT2D eigenvalue weighted by atomic mass is 10.2. The van der Waals surface area contributed by atoms with Crippen LogP contribution in [-0.2, 0) is 19.2 Å². The van der Waals surface area contributed by atoms with Crippen molar-refractivity contribution in [3.8, 4) is 23.0 Å². The number of esters is 4. The number of hydrogen-bond donors (Lipinski definition) is 2. The predicted molar refractivity (Wildman–Crippen MR) is 111 cm³/mol. The third kappa shape index (κ3) is 7.44. The number of benzene rings is 2. The van der Waals surface area contributed by atoms with Crippen LogP contribution in [-0.4, -0.2) is 29.9 Å². The van der Waals surface area contributed by atoms with Gasteiger partial charge in [-0.15, -0.1) is 0 Å². The van der Waals surface area contributed by atoms with Crippen molar-refractivity contribution >= 4 is 41.3 Å². The number of carbonyl (C=O) groups excluding carboxylic acids is 5. The maximum Gasteiger partial charge on any atom is 0.323 e. The Labute approximate surface area is 182 Å². The largest absolute Gasteiger partial charge is 0.423 e. The second kappa shape index (κ2) is 10.6. The van der Waals surface area contributed by atoms with Crippen LogP contribution >= 0.6 is 0 Å². The van der Waals surface area contributed by atoms with E-state index in [-0.39, 0.29) is 34.4 Å². The van der Waals surface area contributed by atoms with Crippen LogP contribution in [0.5, 0.6) is 23.0 Å². The van der Waals surface area contributed by atoms with Gasteiger partial charge in [0.05, 0.1) is 0 Å². The van der Waals surface area contributed by atoms with Crippen LogP contribution in [0.2, 0.25) is 0 Å². The van der Waals surface area contributed by atoms with Crippen LogP contribution in [0.15, 0.2) is 36.4 Å². The summed E-state index contributed by atoms with van der Waals surface area (Å²) in [7, 11) is 0. The zero-order valence-electron chi connectivity index (χ0n) is 17.6. The van der Waals surface area contributed by atoms with Gasteiger partial charge in [0.15, 0.2) is 23.0 Å². The fourth-order valence-electron chi connectivity index (χ4n) is 2.41. The molecule has 0 heterocycles. The lowest BCUT2D eigenvalue weighted by molar-refractivity contribution is -0.134. The molecule has 0 aliphatic heterocycles. The summed E-state index contributed by atoms with van der Waals surface area (Å²) in [6.45, 7) is 4.72. The zero-order valence-corrected chi connectivity index (χ0v) is 17.6. The molecule has 11 nitrogen and oxygen atoms in total. The molecule has 168 valence electrons. The molecule has 2 amide bonds. The standard InChI is InChI=1S/C21H20N2O9/c1-11(24)29-17-7-5-15(9-19(17)31-13(3)26)22-21(28)23-16-6-8-18(30-12(2)25)20(10-16)32-14(4)27/h5-10H,1-4H3,(H2,22,23,28). The van der Waals surface area contributed by atoms with E-state index in [2.05, 4.69) is 10.6 Å². The molecule has 0 fully saturated rings. The van der Waals surface area contributed by atoms with Gasteiger partial charge in [0.2, 0.25) is 0 Å². The molecule has 0 unspecified atom stereocenters. The maximum absolute atomic E-state index is 12.4. The Morgan fingerprint density at radius 2 is 0.844 bits per heavy atom. The Balaban J connectivity index is 2.19. The summed E-state index contributed by atoms with van der Waals surface area (Å²) in [5, 5.41) is 5.03. The molecular weight excluding hydrogens is 424 g/mol. The summed E-state index contributed by atoms with van der Waals surface area (Å²) in [5.74, 6) is -2.63. The number of hydrogen-bond acceptors (Lipinski definition) is 9. The van der Waals surface area contributed by atoms with Gasteiger partial charge in [-0.1, -0.05) is 0 Å². The maximum atomic E-state index is 12.4. The molecule has 2 rings (SSSR count). The van der Waals surface area contributed by atoms with Gasteiger partial charge >= 0.3 is 29.9 Å². The second-order valence-electron chi connectivity index (χ2n) is 6.28. The number of anilines is 2. The molecule has 0 bridgehead atoms. The smallest absolute Gasteiger partial charge is 0.323 e. The summed E-state index contributed by atoms with van der Waals surface area (Å²) in [5.41, 5.74) is 0.456. The van der Waals surface area contributed by atoms with Crippen molar-refractivity contribution in [2.24, 2.45) is 0 Å². The number of nitrogens with one attached hydrogen (secondary N) is 2. The number of carbonyl (C=O) groups is 5. The van der Waals surface area contributed by atoms with Gasteiger partial charge < -0.3 is 29.6 Å². The van der Waals surface area contributed by atoms with Crippen molar-refractivity contribution in [2.45, 2.75) is 27.7 Å². The molecule has 0 saturated heterocycles. The van der Waals surface area contributed by atoms with Crippen molar-refractivity contribution in [1.29, 1.82) is 0 Å². The Morgan fingerprint density at radius 3 is 1.16 bits per heavy atom. The van der Waals surface area contributed by atoms with E-state index in [0.717, 1.165) is 0 Å². The summed E-state index contributed by atoms with van der Waals surface area (Å²) >= 11 is 0. The van der Waals surface area contributed by atoms with Crippen LogP contribution in [0.1, 0.15) is 27.7 Å². The molecule has 0 aromatic heterocycles. The molecule has 0 aliphatic rings. The minimum atomic E-state index is -0.687. The van der Waals surface area contributed by atoms with Crippen molar-refractivity contribution in [1.82, 2.24) is 0 Å². The first-order chi connectivity index (χ1) is 15.0. The summed E-state index contributed by atoms with van der Waals surface area (Å²) in [4.78, 5) is 57.3. The average Bonchev–Trinajstić information content (AvgIpc) is 2.64. The lowest BCUT2D eigenvalue weighted by Crippen LogP contribution is -2.19. The fraction of sp³-hybridized carbons (Fsp3) is 0.190. The quantitative estimate of drug-likeness (QED) is 0.507. The van der Waals surface area contributed by atoms with Crippen LogP contribution in [0.25, 0.3) is 0 Å². The summed E-state index contributed by atoms with van der Waals surface area (Å²) < 4.78 is 19.9. The highest BCUT2D eigenvalue weighted by molar-refractivity contribution is 6.00. The van der Waals surface area contributed by atoms with Gasteiger partial charge in [0.1, 0.15) is 0 Å². The van der Waals surface area contributed by atoms with Crippen molar-refractivity contribution in [3.63, 3.8) is 0 Å². The first kappa shape index (κ1) is 23.9. The monoisotopic (exact) mass is 444 g/mol. The van der Waals surface area contributed by atoms with Gasteiger partial charge in [0.25, 0.3) is 0 Å². The molecule has 0 saturated carbocycles. The van der Waals surface area contributed by atoms with Crippen LogP contribution in [0.4, 0.5) is 16.2 Å². The van der Waals surface area contributed by atoms with E-state index in [0.29, 0.717) is 0 Å². The molecule has 2 aromatic rings. The van der Waals surface area contributed by atoms with Crippen LogP contribution < -0.4 is 29.6 Å². The zero-order chi connectivity index (χ0) is 23.8. The van der Waals surface area contributed by atoms with E-state index in [1.165, 1.54) is 64.1 Å². The highest BCUT2D eigenvalue weighted by Gasteiger charge is 2.15. The number of rotatable bonds is 6. The van der Waals surface area contributed by atoms with Gasteiger partial charge in [-0.2, -0.15) is 0 Å². The molecule has 0 radical (unpaired) electrons. The number of amides is 2. The number of ether oxygens (including phenoxy) is 4. The van der Waals surface area contributed by atoms with Gasteiger partial charge in [-0.05, 0) is 24.3 Å². The number of urea groups is 1. The first-order valence-corrected chi connectivity index (χ1v) is 9.13. The van der Waals surface area contributed by atoms with E-state index < -0.39 is 29.9 Å². The third-order valence-corrected chi connectivity index (χ3v) is 3.42. The molecule has 0 atom stereocenters. The highest BCUT2D eigenvalue weighted by Crippen LogP contribution is 2.32. The Bertz CT molecular complexity index is 995. The lowest BCUT2D eigenvalue weighted by Gasteiger charge is -2.13. The minimum absolute atomic E-state index is 0.00532. The van der Waals surface area contributed by atoms with E-state index in [9.17, 15) is 24.0 Å². The molecule has 0 aliphatic carbocycles. The van der Waals surface area contributed by atoms with Crippen LogP contribution in [0, 0.1) is 0 Å². The SMILES string of the molecule is CC(=O)Oc1ccc(NC(=O)Nc2ccc(OC(C)=O)c(OC(C)=O)c2)cc1OC(C)=O. The average molecular weight is 444 g/mol. The van der Waals surface area contributed by atoms with Crippen molar-refractivity contribution < 1.29 is 42.9 Å². The Hall–Kier alpha value is -4.41. The Kier molecular flexibility index (Phi) is 7.88. The summed E-state index contributed by atoms with van der Waals surface area (Å²) in [6, 6.07) is 7.47. The third-order valence-electron chi connectivity index (χ3n) is 3.42.